The Bertz CT molecular complexity index is 869. The summed E-state index contributed by atoms with van der Waals surface area (Å²) in [6, 6.07) is -0.151. The smallest absolute Gasteiger partial charge is 0.350 e. The summed E-state index contributed by atoms with van der Waals surface area (Å²) in [6.45, 7) is 7.18. The first-order chi connectivity index (χ1) is 12.9. The van der Waals surface area contributed by atoms with Crippen molar-refractivity contribution in [2.45, 2.75) is 39.9 Å². The molecule has 0 fully saturated rings. The SMILES string of the molecule is Cc1cc(C(F)(F)F)nn1C(C)C(=O)Nc1cnn(C)c1C(=O)NCC(C)C. The molecule has 28 heavy (non-hydrogen) atoms. The van der Waals surface area contributed by atoms with Gasteiger partial charge in [-0.15, -0.1) is 0 Å². The highest BCUT2D eigenvalue weighted by Gasteiger charge is 2.35. The van der Waals surface area contributed by atoms with E-state index in [-0.39, 0.29) is 23.0 Å². The first-order valence-corrected chi connectivity index (χ1v) is 8.66. The molecule has 0 aromatic carbocycles. The van der Waals surface area contributed by atoms with E-state index in [1.807, 2.05) is 13.8 Å². The molecule has 8 nitrogen and oxygen atoms in total. The molecule has 1 atom stereocenters. The van der Waals surface area contributed by atoms with E-state index < -0.39 is 29.7 Å². The van der Waals surface area contributed by atoms with Gasteiger partial charge < -0.3 is 10.6 Å². The van der Waals surface area contributed by atoms with Gasteiger partial charge in [0.2, 0.25) is 5.91 Å². The van der Waals surface area contributed by atoms with Gasteiger partial charge in [-0.1, -0.05) is 13.8 Å². The number of nitrogens with one attached hydrogen (secondary N) is 2. The number of hydrogen-bond donors (Lipinski definition) is 2. The summed E-state index contributed by atoms with van der Waals surface area (Å²) in [5.74, 6) is -0.794. The number of alkyl halides is 3. The minimum atomic E-state index is -4.60. The molecule has 0 aliphatic carbocycles. The molecule has 154 valence electrons. The number of aryl methyl sites for hydroxylation is 2. The molecular formula is C17H23F3N6O2. The van der Waals surface area contributed by atoms with Crippen molar-refractivity contribution in [1.29, 1.82) is 0 Å². The number of aromatic nitrogens is 4. The maximum atomic E-state index is 12.8. The highest BCUT2D eigenvalue weighted by molar-refractivity contribution is 6.03. The Kier molecular flexibility index (Phi) is 6.15. The number of amides is 2. The number of carbonyl (C=O) groups excluding carboxylic acids is 2. The van der Waals surface area contributed by atoms with Crippen LogP contribution in [0.2, 0.25) is 0 Å². The van der Waals surface area contributed by atoms with Crippen LogP contribution in [0.25, 0.3) is 0 Å². The van der Waals surface area contributed by atoms with Crippen LogP contribution in [0.5, 0.6) is 0 Å². The lowest BCUT2D eigenvalue weighted by Crippen LogP contribution is -2.31. The van der Waals surface area contributed by atoms with Gasteiger partial charge in [0.05, 0.1) is 11.9 Å². The van der Waals surface area contributed by atoms with E-state index >= 15 is 0 Å². The van der Waals surface area contributed by atoms with Crippen molar-refractivity contribution < 1.29 is 22.8 Å². The fourth-order valence-electron chi connectivity index (χ4n) is 2.55. The monoisotopic (exact) mass is 400 g/mol. The second-order valence-corrected chi connectivity index (χ2v) is 6.91. The van der Waals surface area contributed by atoms with Crippen LogP contribution in [0, 0.1) is 12.8 Å². The zero-order chi connectivity index (χ0) is 21.2. The molecule has 0 aliphatic rings. The molecule has 11 heteroatoms. The summed E-state index contributed by atoms with van der Waals surface area (Å²) in [7, 11) is 1.55. The molecule has 0 bridgehead atoms. The van der Waals surface area contributed by atoms with Gasteiger partial charge in [0, 0.05) is 19.3 Å². The van der Waals surface area contributed by atoms with Gasteiger partial charge in [0.1, 0.15) is 11.7 Å². The lowest BCUT2D eigenvalue weighted by molar-refractivity contribution is -0.141. The van der Waals surface area contributed by atoms with Crippen molar-refractivity contribution >= 4 is 17.5 Å². The number of rotatable bonds is 6. The lowest BCUT2D eigenvalue weighted by Gasteiger charge is -2.15. The third-order valence-electron chi connectivity index (χ3n) is 4.04. The molecular weight excluding hydrogens is 377 g/mol. The number of anilines is 1. The summed E-state index contributed by atoms with van der Waals surface area (Å²) in [5.41, 5.74) is -0.563. The Hall–Kier alpha value is -2.85. The molecule has 0 spiro atoms. The van der Waals surface area contributed by atoms with E-state index in [1.165, 1.54) is 24.7 Å². The maximum absolute atomic E-state index is 12.8. The molecule has 2 N–H and O–H groups in total. The van der Waals surface area contributed by atoms with Crippen LogP contribution in [0.1, 0.15) is 48.7 Å². The molecule has 1 unspecified atom stereocenters. The van der Waals surface area contributed by atoms with Crippen LogP contribution in [0.15, 0.2) is 12.3 Å². The predicted octanol–water partition coefficient (Wildman–Crippen LogP) is 2.53. The number of nitrogens with zero attached hydrogens (tertiary/aromatic N) is 4. The molecule has 2 rings (SSSR count). The van der Waals surface area contributed by atoms with Crippen LogP contribution in [0.3, 0.4) is 0 Å². The Balaban J connectivity index is 2.20. The summed E-state index contributed by atoms with van der Waals surface area (Å²) >= 11 is 0. The van der Waals surface area contributed by atoms with E-state index in [9.17, 15) is 22.8 Å². The Labute approximate surface area is 160 Å². The average Bonchev–Trinajstić information content (AvgIpc) is 3.14. The Morgan fingerprint density at radius 1 is 1.25 bits per heavy atom. The van der Waals surface area contributed by atoms with Crippen LogP contribution in [-0.4, -0.2) is 37.9 Å². The van der Waals surface area contributed by atoms with Crippen molar-refractivity contribution in [2.75, 3.05) is 11.9 Å². The summed E-state index contributed by atoms with van der Waals surface area (Å²) in [4.78, 5) is 24.9. The fraction of sp³-hybridized carbons (Fsp3) is 0.529. The minimum Gasteiger partial charge on any atom is -0.350 e. The maximum Gasteiger partial charge on any atom is 0.435 e. The zero-order valence-electron chi connectivity index (χ0n) is 16.3. The van der Waals surface area contributed by atoms with E-state index in [0.717, 1.165) is 10.7 Å². The van der Waals surface area contributed by atoms with Crippen molar-refractivity contribution in [3.05, 3.63) is 29.3 Å². The number of halogens is 3. The second-order valence-electron chi connectivity index (χ2n) is 6.91. The standard InChI is InChI=1S/C17H23F3N6O2/c1-9(2)7-21-16(28)14-12(8-22-25(14)5)23-15(27)11(4)26-10(3)6-13(24-26)17(18,19)20/h6,8-9,11H,7H2,1-5H3,(H,21,28)(H,23,27). The van der Waals surface area contributed by atoms with Gasteiger partial charge in [-0.2, -0.15) is 23.4 Å². The third kappa shape index (κ3) is 4.70. The molecule has 2 amide bonds. The van der Waals surface area contributed by atoms with E-state index in [4.69, 9.17) is 0 Å². The Morgan fingerprint density at radius 2 is 1.89 bits per heavy atom. The fourth-order valence-corrected chi connectivity index (χ4v) is 2.55. The molecule has 0 saturated carbocycles. The van der Waals surface area contributed by atoms with E-state index in [1.54, 1.807) is 7.05 Å². The van der Waals surface area contributed by atoms with Crippen LogP contribution in [0.4, 0.5) is 18.9 Å². The largest absolute Gasteiger partial charge is 0.435 e. The van der Waals surface area contributed by atoms with Gasteiger partial charge in [0.15, 0.2) is 5.69 Å². The number of carbonyl (C=O) groups is 2. The quantitative estimate of drug-likeness (QED) is 0.779. The van der Waals surface area contributed by atoms with Crippen LogP contribution >= 0.6 is 0 Å². The first kappa shape index (κ1) is 21.5. The second kappa shape index (κ2) is 8.03. The number of hydrogen-bond acceptors (Lipinski definition) is 4. The molecule has 2 aromatic rings. The Morgan fingerprint density at radius 3 is 2.43 bits per heavy atom. The van der Waals surface area contributed by atoms with Gasteiger partial charge in [-0.3, -0.25) is 19.0 Å². The molecule has 2 heterocycles. The topological polar surface area (TPSA) is 93.8 Å². The normalized spacial score (nSPS) is 12.9. The zero-order valence-corrected chi connectivity index (χ0v) is 16.3. The van der Waals surface area contributed by atoms with Crippen molar-refractivity contribution in [1.82, 2.24) is 24.9 Å². The highest BCUT2D eigenvalue weighted by Crippen LogP contribution is 2.29. The molecule has 0 radical (unpaired) electrons. The molecule has 0 aliphatic heterocycles. The van der Waals surface area contributed by atoms with Gasteiger partial charge in [-0.05, 0) is 25.8 Å². The van der Waals surface area contributed by atoms with Crippen molar-refractivity contribution in [3.8, 4) is 0 Å². The lowest BCUT2D eigenvalue weighted by atomic mass is 10.2. The first-order valence-electron chi connectivity index (χ1n) is 8.66. The van der Waals surface area contributed by atoms with Gasteiger partial charge in [0.25, 0.3) is 5.91 Å². The van der Waals surface area contributed by atoms with Crippen LogP contribution in [-0.2, 0) is 18.0 Å². The molecule has 0 saturated heterocycles. The molecule has 2 aromatic heterocycles. The van der Waals surface area contributed by atoms with Gasteiger partial charge in [-0.25, -0.2) is 0 Å². The summed E-state index contributed by atoms with van der Waals surface area (Å²) in [6.07, 6.45) is -3.29. The summed E-state index contributed by atoms with van der Waals surface area (Å²) < 4.78 is 40.8. The average molecular weight is 400 g/mol. The van der Waals surface area contributed by atoms with Gasteiger partial charge >= 0.3 is 6.18 Å². The summed E-state index contributed by atoms with van der Waals surface area (Å²) in [5, 5.41) is 12.7. The van der Waals surface area contributed by atoms with E-state index in [2.05, 4.69) is 20.8 Å². The minimum absolute atomic E-state index is 0.148. The van der Waals surface area contributed by atoms with Crippen LogP contribution < -0.4 is 10.6 Å². The van der Waals surface area contributed by atoms with E-state index in [0.29, 0.717) is 6.54 Å². The predicted molar refractivity (Wildman–Crippen MR) is 95.7 cm³/mol. The van der Waals surface area contributed by atoms with Crippen molar-refractivity contribution in [2.24, 2.45) is 13.0 Å². The third-order valence-corrected chi connectivity index (χ3v) is 4.04. The van der Waals surface area contributed by atoms with Crippen molar-refractivity contribution in [3.63, 3.8) is 0 Å². The highest BCUT2D eigenvalue weighted by atomic mass is 19.4.